The van der Waals surface area contributed by atoms with Gasteiger partial charge in [0.25, 0.3) is 5.91 Å². The van der Waals surface area contributed by atoms with Crippen molar-refractivity contribution < 1.29 is 38.5 Å². The number of carbonyl (C=O) groups is 4. The predicted molar refractivity (Wildman–Crippen MR) is 187 cm³/mol. The zero-order chi connectivity index (χ0) is 35.3. The lowest BCUT2D eigenvalue weighted by Gasteiger charge is -2.37. The zero-order valence-corrected chi connectivity index (χ0v) is 29.6. The smallest absolute Gasteiger partial charge is 0.313 e. The zero-order valence-electron chi connectivity index (χ0n) is 27.2. The highest BCUT2D eigenvalue weighted by atomic mass is 79.9. The number of hydrogen-bond donors (Lipinski definition) is 2. The van der Waals surface area contributed by atoms with Crippen LogP contribution in [0.25, 0.3) is 0 Å². The molecule has 13 heteroatoms. The van der Waals surface area contributed by atoms with E-state index in [1.165, 1.54) is 16.9 Å². The maximum absolute atomic E-state index is 14.6. The maximum atomic E-state index is 14.6. The number of esters is 1. The molecule has 1 unspecified atom stereocenters. The van der Waals surface area contributed by atoms with Gasteiger partial charge in [-0.25, -0.2) is 0 Å². The van der Waals surface area contributed by atoms with Crippen LogP contribution >= 0.6 is 27.5 Å². The number of benzene rings is 2. The summed E-state index contributed by atoms with van der Waals surface area (Å²) in [6, 6.07) is 13.9. The average molecular weight is 759 g/mol. The normalized spacial score (nSPS) is 26.5. The van der Waals surface area contributed by atoms with Gasteiger partial charge in [-0.3, -0.25) is 19.2 Å². The van der Waals surface area contributed by atoms with Gasteiger partial charge in [-0.2, -0.15) is 0 Å². The number of alkyl halides is 1. The summed E-state index contributed by atoms with van der Waals surface area (Å²) >= 11 is 10.2. The molecule has 11 nitrogen and oxygen atoms in total. The topological polar surface area (TPSA) is 135 Å². The van der Waals surface area contributed by atoms with Gasteiger partial charge in [-0.15, -0.1) is 13.2 Å². The number of hydrogen-bond acceptors (Lipinski definition) is 8. The number of carbonyl (C=O) groups excluding carboxylic acids is 4. The number of aliphatic hydroxyl groups is 1. The Morgan fingerprint density at radius 1 is 1.18 bits per heavy atom. The number of halogens is 2. The first kappa shape index (κ1) is 36.7. The molecule has 0 radical (unpaired) electrons. The van der Waals surface area contributed by atoms with E-state index in [2.05, 4.69) is 34.4 Å². The standard InChI is InChI=1S/C36H41BrClN3O8/c1-4-6-16-27(43)39-25(21-47-3)30(22-12-8-7-9-13-22)48-35(46)28-29-33(44)41(18-19-42)32(36(29)20-23(37)31(28)49-36)34(45)40(17-5-2)26-15-11-10-14-24(26)38/h4-5,7-15,23,25,28-32,42H,1-2,6,16-21H2,3H3,(H,39,43)/t23?,25-,28+,29-,30-,31+,32+,36-/m0/s1. The van der Waals surface area contributed by atoms with Gasteiger partial charge in [-0.1, -0.05) is 82.1 Å². The van der Waals surface area contributed by atoms with E-state index in [0.717, 1.165) is 0 Å². The second kappa shape index (κ2) is 16.0. The molecule has 3 amide bonds. The number of nitrogens with one attached hydrogen (secondary N) is 1. The number of ether oxygens (including phenoxy) is 3. The number of likely N-dealkylation sites (tertiary alicyclic amines) is 1. The number of amides is 3. The number of aliphatic hydroxyl groups excluding tert-OH is 1. The van der Waals surface area contributed by atoms with Crippen LogP contribution in [-0.4, -0.2) is 95.7 Å². The fourth-order valence-electron chi connectivity index (χ4n) is 7.41. The van der Waals surface area contributed by atoms with E-state index in [0.29, 0.717) is 22.7 Å². The second-order valence-electron chi connectivity index (χ2n) is 12.3. The minimum Gasteiger partial charge on any atom is -0.455 e. The van der Waals surface area contributed by atoms with Crippen LogP contribution in [0, 0.1) is 11.8 Å². The van der Waals surface area contributed by atoms with Crippen LogP contribution in [0.4, 0.5) is 5.69 Å². The van der Waals surface area contributed by atoms with Gasteiger partial charge in [0.05, 0.1) is 47.9 Å². The molecule has 262 valence electrons. The Morgan fingerprint density at radius 2 is 1.90 bits per heavy atom. The third kappa shape index (κ3) is 7.07. The highest BCUT2D eigenvalue weighted by Gasteiger charge is 2.77. The molecule has 0 saturated carbocycles. The first-order chi connectivity index (χ1) is 23.6. The molecule has 3 saturated heterocycles. The number of fused-ring (bicyclic) bond motifs is 1. The summed E-state index contributed by atoms with van der Waals surface area (Å²) in [5.74, 6) is -4.11. The molecule has 3 aliphatic heterocycles. The number of nitrogens with zero attached hydrogens (tertiary/aromatic N) is 2. The SMILES string of the molecule is C=CCCC(=O)N[C@@H](COC)[C@@H](OC(=O)[C@H]1[C@@H]2O[C@@]3(CC2Br)[C@@H]1C(=O)N(CCO)[C@@H]3C(=O)N(CC=C)c1ccccc1Cl)c1ccccc1. The summed E-state index contributed by atoms with van der Waals surface area (Å²) < 4.78 is 18.3. The van der Waals surface area contributed by atoms with Crippen molar-refractivity contribution >= 4 is 56.9 Å². The Labute approximate surface area is 299 Å². The van der Waals surface area contributed by atoms with Gasteiger partial charge in [-0.05, 0) is 30.5 Å². The molecule has 2 aromatic rings. The largest absolute Gasteiger partial charge is 0.455 e. The maximum Gasteiger partial charge on any atom is 0.313 e. The van der Waals surface area contributed by atoms with Crippen molar-refractivity contribution in [3.8, 4) is 0 Å². The lowest BCUT2D eigenvalue weighted by atomic mass is 9.70. The lowest BCUT2D eigenvalue weighted by Crippen LogP contribution is -2.57. The van der Waals surface area contributed by atoms with Crippen molar-refractivity contribution in [1.29, 1.82) is 0 Å². The fraction of sp³-hybridized carbons (Fsp3) is 0.444. The lowest BCUT2D eigenvalue weighted by molar-refractivity contribution is -0.163. The van der Waals surface area contributed by atoms with Gasteiger partial charge in [0.2, 0.25) is 11.8 Å². The fourth-order valence-corrected chi connectivity index (χ4v) is 8.59. The quantitative estimate of drug-likeness (QED) is 0.149. The highest BCUT2D eigenvalue weighted by Crippen LogP contribution is 2.60. The summed E-state index contributed by atoms with van der Waals surface area (Å²) in [5.41, 5.74) is -0.363. The molecular weight excluding hydrogens is 718 g/mol. The van der Waals surface area contributed by atoms with Gasteiger partial charge in [0, 0.05) is 31.4 Å². The minimum atomic E-state index is -1.40. The first-order valence-electron chi connectivity index (χ1n) is 16.2. The Hall–Kier alpha value is -3.55. The van der Waals surface area contributed by atoms with E-state index >= 15 is 0 Å². The van der Waals surface area contributed by atoms with Crippen molar-refractivity contribution in [2.24, 2.45) is 11.8 Å². The first-order valence-corrected chi connectivity index (χ1v) is 17.5. The molecular formula is C36H41BrClN3O8. The van der Waals surface area contributed by atoms with Crippen molar-refractivity contribution in [1.82, 2.24) is 10.2 Å². The molecule has 2 bridgehead atoms. The van der Waals surface area contributed by atoms with Crippen LogP contribution in [0.15, 0.2) is 79.9 Å². The monoisotopic (exact) mass is 757 g/mol. The van der Waals surface area contributed by atoms with Crippen molar-refractivity contribution in [3.63, 3.8) is 0 Å². The van der Waals surface area contributed by atoms with Crippen LogP contribution in [0.3, 0.4) is 0 Å². The number of methoxy groups -OCH3 is 1. The van der Waals surface area contributed by atoms with E-state index in [1.807, 2.05) is 6.07 Å². The van der Waals surface area contributed by atoms with Gasteiger partial charge in [0.15, 0.2) is 0 Å². The minimum absolute atomic E-state index is 0.0344. The van der Waals surface area contributed by atoms with Crippen molar-refractivity contribution in [2.45, 2.75) is 54.0 Å². The van der Waals surface area contributed by atoms with Crippen LogP contribution in [-0.2, 0) is 33.4 Å². The van der Waals surface area contributed by atoms with Crippen molar-refractivity contribution in [2.75, 3.05) is 38.3 Å². The number of β-amino-alcohol motifs (C(OH)–C–C–N with tert-alkyl or cyclic N) is 1. The van der Waals surface area contributed by atoms with E-state index in [1.54, 1.807) is 60.7 Å². The Morgan fingerprint density at radius 3 is 2.55 bits per heavy atom. The number of para-hydroxylation sites is 1. The summed E-state index contributed by atoms with van der Waals surface area (Å²) in [5, 5.41) is 13.3. The van der Waals surface area contributed by atoms with E-state index in [4.69, 9.17) is 25.8 Å². The molecule has 49 heavy (non-hydrogen) atoms. The molecule has 2 N–H and O–H groups in total. The van der Waals surface area contributed by atoms with Crippen LogP contribution in [0.5, 0.6) is 0 Å². The van der Waals surface area contributed by atoms with E-state index in [9.17, 15) is 24.3 Å². The van der Waals surface area contributed by atoms with Gasteiger partial charge in [0.1, 0.15) is 17.7 Å². The van der Waals surface area contributed by atoms with Crippen LogP contribution in [0.1, 0.15) is 30.9 Å². The van der Waals surface area contributed by atoms with Crippen molar-refractivity contribution in [3.05, 3.63) is 90.5 Å². The number of allylic oxidation sites excluding steroid dienone is 1. The molecule has 8 atom stereocenters. The molecule has 3 fully saturated rings. The van der Waals surface area contributed by atoms with Crippen LogP contribution < -0.4 is 10.2 Å². The third-order valence-electron chi connectivity index (χ3n) is 9.36. The highest BCUT2D eigenvalue weighted by molar-refractivity contribution is 9.09. The summed E-state index contributed by atoms with van der Waals surface area (Å²) in [6.45, 7) is 7.04. The molecule has 3 aliphatic rings. The summed E-state index contributed by atoms with van der Waals surface area (Å²) in [4.78, 5) is 58.5. The molecule has 5 rings (SSSR count). The molecule has 3 heterocycles. The van der Waals surface area contributed by atoms with Gasteiger partial charge < -0.3 is 34.4 Å². The number of anilines is 1. The Bertz CT molecular complexity index is 1560. The predicted octanol–water partition coefficient (Wildman–Crippen LogP) is 3.98. The molecule has 0 aliphatic carbocycles. The van der Waals surface area contributed by atoms with Gasteiger partial charge >= 0.3 is 5.97 Å². The summed E-state index contributed by atoms with van der Waals surface area (Å²) in [7, 11) is 1.48. The Kier molecular flexibility index (Phi) is 12.0. The van der Waals surface area contributed by atoms with E-state index < -0.39 is 70.9 Å². The molecule has 2 aromatic carbocycles. The molecule has 1 spiro atoms. The Balaban J connectivity index is 1.51. The average Bonchev–Trinajstić information content (AvgIpc) is 3.68. The van der Waals surface area contributed by atoms with E-state index in [-0.39, 0.29) is 38.4 Å². The second-order valence-corrected chi connectivity index (χ2v) is 13.9. The third-order valence-corrected chi connectivity index (χ3v) is 10.5. The molecule has 0 aromatic heterocycles. The van der Waals surface area contributed by atoms with Crippen LogP contribution in [0.2, 0.25) is 5.02 Å². The summed E-state index contributed by atoms with van der Waals surface area (Å²) in [6.07, 6.45) is 2.34. The number of rotatable bonds is 16.